The van der Waals surface area contributed by atoms with Crippen LogP contribution < -0.4 is 10.5 Å². The van der Waals surface area contributed by atoms with Crippen molar-refractivity contribution in [3.63, 3.8) is 0 Å². The number of hydrogen-bond donors (Lipinski definition) is 1. The van der Waals surface area contributed by atoms with Gasteiger partial charge < -0.3 is 10.5 Å². The number of benzene rings is 1. The van der Waals surface area contributed by atoms with E-state index in [1.807, 2.05) is 13.8 Å². The molecule has 0 heterocycles. The van der Waals surface area contributed by atoms with Gasteiger partial charge in [0.2, 0.25) is 0 Å². The van der Waals surface area contributed by atoms with E-state index in [4.69, 9.17) is 22.1 Å². The Kier molecular flexibility index (Phi) is 5.55. The third-order valence-electron chi connectivity index (χ3n) is 1.62. The molecule has 0 aromatic heterocycles. The Balaban J connectivity index is 3.00. The van der Waals surface area contributed by atoms with Crippen LogP contribution in [0, 0.1) is 5.82 Å². The van der Waals surface area contributed by atoms with Gasteiger partial charge in [0.05, 0.1) is 0 Å². The summed E-state index contributed by atoms with van der Waals surface area (Å²) in [5, 5.41) is 0.227. The van der Waals surface area contributed by atoms with Gasteiger partial charge in [-0.25, -0.2) is 9.38 Å². The second kappa shape index (κ2) is 6.70. The fraction of sp³-hybridized carbons (Fsp3) is 0.273. The molecule has 98 valence electrons. The molecule has 0 aliphatic heterocycles. The average molecular weight is 337 g/mol. The number of ether oxygens (including phenoxy) is 1. The highest BCUT2D eigenvalue weighted by Crippen LogP contribution is 2.20. The van der Waals surface area contributed by atoms with Gasteiger partial charge in [0.15, 0.2) is 4.74 Å². The van der Waals surface area contributed by atoms with Crippen molar-refractivity contribution >= 4 is 38.3 Å². The van der Waals surface area contributed by atoms with E-state index in [1.165, 1.54) is 18.2 Å². The summed E-state index contributed by atoms with van der Waals surface area (Å²) in [6.45, 7) is 3.70. The van der Waals surface area contributed by atoms with Crippen LogP contribution in [0.5, 0.6) is 5.75 Å². The summed E-state index contributed by atoms with van der Waals surface area (Å²) in [6, 6.07) is 3.80. The number of aliphatic imine (C=N–C) groups is 2. The monoisotopic (exact) mass is 335 g/mol. The van der Waals surface area contributed by atoms with Crippen molar-refractivity contribution in [2.45, 2.75) is 19.9 Å². The molecular weight excluding hydrogens is 324 g/mol. The van der Waals surface area contributed by atoms with E-state index in [9.17, 15) is 4.39 Å². The fourth-order valence-electron chi connectivity index (χ4n) is 1.08. The van der Waals surface area contributed by atoms with Crippen LogP contribution in [0.3, 0.4) is 0 Å². The second-order valence-electron chi connectivity index (χ2n) is 3.65. The van der Waals surface area contributed by atoms with Gasteiger partial charge in [0.1, 0.15) is 11.6 Å². The molecule has 1 aromatic rings. The van der Waals surface area contributed by atoms with Crippen LogP contribution >= 0.6 is 27.5 Å². The first-order valence-corrected chi connectivity index (χ1v) is 6.25. The minimum Gasteiger partial charge on any atom is -0.424 e. The molecule has 0 unspecified atom stereocenters. The lowest BCUT2D eigenvalue weighted by Gasteiger charge is -2.07. The Morgan fingerprint density at radius 1 is 1.44 bits per heavy atom. The van der Waals surface area contributed by atoms with Crippen molar-refractivity contribution in [3.05, 3.63) is 29.0 Å². The molecule has 0 fully saturated rings. The van der Waals surface area contributed by atoms with Gasteiger partial charge in [-0.15, -0.1) is 0 Å². The normalized spacial score (nSPS) is 13.0. The number of amidine groups is 2. The van der Waals surface area contributed by atoms with Crippen LogP contribution in [0.2, 0.25) is 5.02 Å². The van der Waals surface area contributed by atoms with Gasteiger partial charge >= 0.3 is 6.02 Å². The first-order valence-electron chi connectivity index (χ1n) is 5.08. The van der Waals surface area contributed by atoms with E-state index in [2.05, 4.69) is 25.9 Å². The topological polar surface area (TPSA) is 60.0 Å². The lowest BCUT2D eigenvalue weighted by Crippen LogP contribution is -2.13. The SMILES string of the molecule is CC(C)N=C(/N=C(\N)Br)Oc1cc(F)cc(Cl)c1. The quantitative estimate of drug-likeness (QED) is 0.511. The van der Waals surface area contributed by atoms with Gasteiger partial charge in [-0.05, 0) is 41.9 Å². The van der Waals surface area contributed by atoms with Crippen LogP contribution in [0.1, 0.15) is 13.8 Å². The summed E-state index contributed by atoms with van der Waals surface area (Å²) in [5.74, 6) is -0.297. The summed E-state index contributed by atoms with van der Waals surface area (Å²) >= 11 is 8.69. The summed E-state index contributed by atoms with van der Waals surface area (Å²) < 4.78 is 18.6. The molecule has 1 aromatic carbocycles. The molecule has 0 aliphatic carbocycles. The van der Waals surface area contributed by atoms with E-state index in [1.54, 1.807) is 0 Å². The highest BCUT2D eigenvalue weighted by atomic mass is 79.9. The molecule has 1 rings (SSSR count). The summed E-state index contributed by atoms with van der Waals surface area (Å²) in [5.41, 5.74) is 5.39. The van der Waals surface area contributed by atoms with Gasteiger partial charge in [-0.3, -0.25) is 0 Å². The molecule has 18 heavy (non-hydrogen) atoms. The molecule has 4 nitrogen and oxygen atoms in total. The second-order valence-corrected chi connectivity index (χ2v) is 4.90. The maximum absolute atomic E-state index is 13.1. The maximum atomic E-state index is 13.1. The molecule has 0 atom stereocenters. The van der Waals surface area contributed by atoms with Crippen molar-refractivity contribution in [2.75, 3.05) is 0 Å². The lowest BCUT2D eigenvalue weighted by atomic mass is 10.3. The van der Waals surface area contributed by atoms with E-state index in [0.29, 0.717) is 0 Å². The Hall–Kier alpha value is -1.14. The van der Waals surface area contributed by atoms with Crippen LogP contribution in [-0.2, 0) is 0 Å². The van der Waals surface area contributed by atoms with Gasteiger partial charge in [0.25, 0.3) is 0 Å². The van der Waals surface area contributed by atoms with Gasteiger partial charge in [-0.2, -0.15) is 4.99 Å². The predicted molar refractivity (Wildman–Crippen MR) is 75.2 cm³/mol. The smallest absolute Gasteiger partial charge is 0.319 e. The first-order chi connectivity index (χ1) is 8.36. The minimum atomic E-state index is -0.503. The summed E-state index contributed by atoms with van der Waals surface area (Å²) in [7, 11) is 0. The van der Waals surface area contributed by atoms with Crippen LogP contribution in [0.15, 0.2) is 28.2 Å². The van der Waals surface area contributed by atoms with Gasteiger partial charge in [0, 0.05) is 17.1 Å². The Morgan fingerprint density at radius 3 is 2.61 bits per heavy atom. The Labute approximate surface area is 118 Å². The molecule has 2 N–H and O–H groups in total. The minimum absolute atomic E-state index is 0.0287. The van der Waals surface area contributed by atoms with Crippen LogP contribution in [0.4, 0.5) is 4.39 Å². The zero-order valence-electron chi connectivity index (χ0n) is 9.82. The van der Waals surface area contributed by atoms with E-state index < -0.39 is 5.82 Å². The number of nitrogens with two attached hydrogens (primary N) is 1. The van der Waals surface area contributed by atoms with Crippen molar-refractivity contribution < 1.29 is 9.13 Å². The van der Waals surface area contributed by atoms with Crippen molar-refractivity contribution in [3.8, 4) is 5.75 Å². The van der Waals surface area contributed by atoms with E-state index in [0.717, 1.165) is 0 Å². The Bertz CT molecular complexity index is 467. The fourth-order valence-corrected chi connectivity index (χ4v) is 1.45. The molecule has 0 radical (unpaired) electrons. The number of nitrogens with zero attached hydrogens (tertiary/aromatic N) is 2. The summed E-state index contributed by atoms with van der Waals surface area (Å²) in [6.07, 6.45) is 0. The summed E-state index contributed by atoms with van der Waals surface area (Å²) in [4.78, 5) is 7.95. The lowest BCUT2D eigenvalue weighted by molar-refractivity contribution is 0.524. The molecule has 0 bridgehead atoms. The zero-order chi connectivity index (χ0) is 13.7. The molecule has 0 saturated carbocycles. The Morgan fingerprint density at radius 2 is 2.11 bits per heavy atom. The first kappa shape index (κ1) is 14.9. The standard InChI is InChI=1S/C11H12BrClFN3O/c1-6(2)16-11(17-10(12)15)18-9-4-7(13)3-8(14)5-9/h3-6H,1-2H3,(H2,15,16,17). The molecule has 0 saturated heterocycles. The molecule has 7 heteroatoms. The molecular formula is C11H12BrClFN3O. The highest BCUT2D eigenvalue weighted by Gasteiger charge is 2.06. The zero-order valence-corrected chi connectivity index (χ0v) is 12.2. The average Bonchev–Trinajstić information content (AvgIpc) is 2.12. The largest absolute Gasteiger partial charge is 0.424 e. The third kappa shape index (κ3) is 5.46. The van der Waals surface area contributed by atoms with Crippen molar-refractivity contribution in [2.24, 2.45) is 15.7 Å². The predicted octanol–water partition coefficient (Wildman–Crippen LogP) is 3.33. The van der Waals surface area contributed by atoms with Crippen molar-refractivity contribution in [1.29, 1.82) is 0 Å². The molecule has 0 amide bonds. The molecule has 0 spiro atoms. The highest BCUT2D eigenvalue weighted by molar-refractivity contribution is 9.18. The van der Waals surface area contributed by atoms with Crippen molar-refractivity contribution in [1.82, 2.24) is 0 Å². The van der Waals surface area contributed by atoms with Gasteiger partial charge in [-0.1, -0.05) is 11.6 Å². The number of rotatable bonds is 2. The number of hydrogen-bond acceptors (Lipinski definition) is 2. The third-order valence-corrected chi connectivity index (χ3v) is 2.01. The van der Waals surface area contributed by atoms with E-state index >= 15 is 0 Å². The van der Waals surface area contributed by atoms with Crippen LogP contribution in [-0.4, -0.2) is 16.8 Å². The molecule has 0 aliphatic rings. The van der Waals surface area contributed by atoms with Crippen LogP contribution in [0.25, 0.3) is 0 Å². The number of halogens is 3. The van der Waals surface area contributed by atoms with E-state index in [-0.39, 0.29) is 27.6 Å². The maximum Gasteiger partial charge on any atom is 0.319 e.